The summed E-state index contributed by atoms with van der Waals surface area (Å²) in [5.41, 5.74) is -0.188. The Balaban J connectivity index is 2.35. The number of Topliss-reactive ketones (excluding diaryl/α,β-unsaturated/α-hetero) is 1. The van der Waals surface area contributed by atoms with Crippen molar-refractivity contribution in [2.45, 2.75) is 58.5 Å². The summed E-state index contributed by atoms with van der Waals surface area (Å²) >= 11 is 0. The first-order valence-electron chi connectivity index (χ1n) is 6.72. The Morgan fingerprint density at radius 1 is 1.47 bits per heavy atom. The Morgan fingerprint density at radius 3 is 2.71 bits per heavy atom. The quantitative estimate of drug-likeness (QED) is 0.710. The number of carbonyl (C=O) groups is 1. The minimum Gasteiger partial charge on any atom is -0.389 e. The van der Waals surface area contributed by atoms with Gasteiger partial charge in [-0.15, -0.1) is 0 Å². The lowest BCUT2D eigenvalue weighted by Gasteiger charge is -2.55. The zero-order chi connectivity index (χ0) is 12.8. The maximum absolute atomic E-state index is 12.2. The van der Waals surface area contributed by atoms with Gasteiger partial charge in [0.2, 0.25) is 0 Å². The number of allylic oxidation sites excluding steroid dienone is 1. The zero-order valence-corrected chi connectivity index (χ0v) is 11.3. The van der Waals surface area contributed by atoms with Crippen LogP contribution in [-0.2, 0) is 4.79 Å². The Hall–Kier alpha value is -0.630. The highest BCUT2D eigenvalue weighted by Gasteiger charge is 2.59. The zero-order valence-electron chi connectivity index (χ0n) is 11.3. The van der Waals surface area contributed by atoms with E-state index in [9.17, 15) is 9.90 Å². The van der Waals surface area contributed by atoms with Crippen LogP contribution in [0.1, 0.15) is 52.9 Å². The van der Waals surface area contributed by atoms with Crippen LogP contribution in [-0.4, -0.2) is 16.5 Å². The third-order valence-corrected chi connectivity index (χ3v) is 5.44. The maximum atomic E-state index is 12.2. The first-order chi connectivity index (χ1) is 7.81. The van der Waals surface area contributed by atoms with Gasteiger partial charge in [-0.1, -0.05) is 19.1 Å². The minimum atomic E-state index is -0.815. The molecule has 0 aliphatic heterocycles. The van der Waals surface area contributed by atoms with Crippen LogP contribution in [0.15, 0.2) is 12.2 Å². The molecule has 17 heavy (non-hydrogen) atoms. The third kappa shape index (κ3) is 1.69. The van der Waals surface area contributed by atoms with Gasteiger partial charge in [-0.2, -0.15) is 0 Å². The molecule has 2 rings (SSSR count). The SMILES string of the molecule is C=C(C)[C@@H]1CC[C@@]2(C)C(=O)CC[C@H](C)[C@]2(O)C1. The second-order valence-electron chi connectivity index (χ2n) is 6.41. The Morgan fingerprint density at radius 2 is 2.12 bits per heavy atom. The third-order valence-electron chi connectivity index (χ3n) is 5.44. The molecule has 0 spiro atoms. The summed E-state index contributed by atoms with van der Waals surface area (Å²) in [5, 5.41) is 11.0. The van der Waals surface area contributed by atoms with Crippen molar-refractivity contribution in [3.8, 4) is 0 Å². The summed E-state index contributed by atoms with van der Waals surface area (Å²) in [6.45, 7) is 10.1. The molecule has 0 heterocycles. The molecular formula is C15H24O2. The largest absolute Gasteiger partial charge is 0.389 e. The van der Waals surface area contributed by atoms with Crippen molar-refractivity contribution >= 4 is 5.78 Å². The van der Waals surface area contributed by atoms with E-state index in [1.165, 1.54) is 0 Å². The summed E-state index contributed by atoms with van der Waals surface area (Å²) in [6.07, 6.45) is 3.98. The first kappa shape index (κ1) is 12.8. The molecule has 96 valence electrons. The molecule has 2 aliphatic carbocycles. The average Bonchev–Trinajstić information content (AvgIpc) is 2.27. The molecule has 0 saturated heterocycles. The highest BCUT2D eigenvalue weighted by Crippen LogP contribution is 2.55. The molecule has 2 fully saturated rings. The van der Waals surface area contributed by atoms with E-state index in [4.69, 9.17) is 0 Å². The molecular weight excluding hydrogens is 212 g/mol. The Labute approximate surface area is 104 Å². The van der Waals surface area contributed by atoms with E-state index in [1.807, 2.05) is 13.8 Å². The standard InChI is InChI=1S/C15H24O2/c1-10(2)12-7-8-14(4)13(16)6-5-11(3)15(14,17)9-12/h11-12,17H,1,5-9H2,2-4H3/t11-,12+,14-,15+/m0/s1. The summed E-state index contributed by atoms with van der Waals surface area (Å²) in [7, 11) is 0. The monoisotopic (exact) mass is 236 g/mol. The van der Waals surface area contributed by atoms with Crippen LogP contribution < -0.4 is 0 Å². The fourth-order valence-corrected chi connectivity index (χ4v) is 3.79. The van der Waals surface area contributed by atoms with Gasteiger partial charge in [0.25, 0.3) is 0 Å². The van der Waals surface area contributed by atoms with Crippen molar-refractivity contribution in [1.82, 2.24) is 0 Å². The van der Waals surface area contributed by atoms with Gasteiger partial charge in [-0.25, -0.2) is 0 Å². The van der Waals surface area contributed by atoms with Gasteiger partial charge >= 0.3 is 0 Å². The second kappa shape index (κ2) is 3.94. The van der Waals surface area contributed by atoms with Crippen molar-refractivity contribution < 1.29 is 9.90 Å². The highest BCUT2D eigenvalue weighted by molar-refractivity contribution is 5.87. The molecule has 0 aromatic heterocycles. The number of hydrogen-bond acceptors (Lipinski definition) is 2. The van der Waals surface area contributed by atoms with E-state index in [2.05, 4.69) is 13.5 Å². The number of fused-ring (bicyclic) bond motifs is 1. The van der Waals surface area contributed by atoms with E-state index in [0.29, 0.717) is 18.8 Å². The van der Waals surface area contributed by atoms with Crippen LogP contribution in [0.4, 0.5) is 0 Å². The molecule has 2 nitrogen and oxygen atoms in total. The van der Waals surface area contributed by atoms with Gasteiger partial charge < -0.3 is 5.11 Å². The van der Waals surface area contributed by atoms with Crippen LogP contribution in [0.2, 0.25) is 0 Å². The lowest BCUT2D eigenvalue weighted by atomic mass is 9.51. The molecule has 0 radical (unpaired) electrons. The number of carbonyl (C=O) groups excluding carboxylic acids is 1. The summed E-state index contributed by atoms with van der Waals surface area (Å²) in [6, 6.07) is 0. The molecule has 2 aliphatic rings. The van der Waals surface area contributed by atoms with E-state index in [-0.39, 0.29) is 11.7 Å². The van der Waals surface area contributed by atoms with Gasteiger partial charge in [0.15, 0.2) is 0 Å². The van der Waals surface area contributed by atoms with Gasteiger partial charge in [-0.05, 0) is 51.4 Å². The van der Waals surface area contributed by atoms with Gasteiger partial charge in [0, 0.05) is 6.42 Å². The fraction of sp³-hybridized carbons (Fsp3) is 0.800. The predicted octanol–water partition coefficient (Wildman–Crippen LogP) is 3.10. The van der Waals surface area contributed by atoms with E-state index in [0.717, 1.165) is 24.8 Å². The molecule has 0 aromatic rings. The molecule has 0 unspecified atom stereocenters. The molecule has 2 heteroatoms. The van der Waals surface area contributed by atoms with Gasteiger partial charge in [-0.3, -0.25) is 4.79 Å². The summed E-state index contributed by atoms with van der Waals surface area (Å²) in [5.74, 6) is 0.854. The Bertz CT molecular complexity index is 360. The fourth-order valence-electron chi connectivity index (χ4n) is 3.79. The molecule has 0 amide bonds. The van der Waals surface area contributed by atoms with E-state index >= 15 is 0 Å². The van der Waals surface area contributed by atoms with Crippen LogP contribution >= 0.6 is 0 Å². The van der Waals surface area contributed by atoms with Crippen LogP contribution in [0.25, 0.3) is 0 Å². The van der Waals surface area contributed by atoms with Crippen LogP contribution in [0.5, 0.6) is 0 Å². The highest BCUT2D eigenvalue weighted by atomic mass is 16.3. The summed E-state index contributed by atoms with van der Waals surface area (Å²) < 4.78 is 0. The van der Waals surface area contributed by atoms with Crippen LogP contribution in [0, 0.1) is 17.3 Å². The predicted molar refractivity (Wildman–Crippen MR) is 68.6 cm³/mol. The van der Waals surface area contributed by atoms with Crippen molar-refractivity contribution in [3.63, 3.8) is 0 Å². The van der Waals surface area contributed by atoms with E-state index in [1.54, 1.807) is 0 Å². The lowest BCUT2D eigenvalue weighted by molar-refractivity contribution is -0.183. The van der Waals surface area contributed by atoms with Gasteiger partial charge in [0.1, 0.15) is 5.78 Å². The Kier molecular flexibility index (Phi) is 2.97. The first-order valence-corrected chi connectivity index (χ1v) is 6.72. The number of aliphatic hydroxyl groups is 1. The molecule has 4 atom stereocenters. The lowest BCUT2D eigenvalue weighted by Crippen LogP contribution is -2.61. The van der Waals surface area contributed by atoms with Crippen molar-refractivity contribution in [2.75, 3.05) is 0 Å². The second-order valence-corrected chi connectivity index (χ2v) is 6.41. The number of hydrogen-bond donors (Lipinski definition) is 1. The van der Waals surface area contributed by atoms with Crippen molar-refractivity contribution in [3.05, 3.63) is 12.2 Å². The van der Waals surface area contributed by atoms with E-state index < -0.39 is 11.0 Å². The summed E-state index contributed by atoms with van der Waals surface area (Å²) in [4.78, 5) is 12.2. The molecule has 1 N–H and O–H groups in total. The number of rotatable bonds is 1. The van der Waals surface area contributed by atoms with Gasteiger partial charge in [0.05, 0.1) is 11.0 Å². The normalized spacial score (nSPS) is 46.5. The smallest absolute Gasteiger partial charge is 0.141 e. The number of ketones is 1. The minimum absolute atomic E-state index is 0.215. The maximum Gasteiger partial charge on any atom is 0.141 e. The van der Waals surface area contributed by atoms with Crippen molar-refractivity contribution in [1.29, 1.82) is 0 Å². The molecule has 2 saturated carbocycles. The molecule has 0 bridgehead atoms. The van der Waals surface area contributed by atoms with Crippen molar-refractivity contribution in [2.24, 2.45) is 17.3 Å². The van der Waals surface area contributed by atoms with Crippen LogP contribution in [0.3, 0.4) is 0 Å². The molecule has 0 aromatic carbocycles. The average molecular weight is 236 g/mol. The topological polar surface area (TPSA) is 37.3 Å².